The molecule has 2 rings (SSSR count). The molecule has 92 valence electrons. The molecule has 0 fully saturated rings. The zero-order valence-electron chi connectivity index (χ0n) is 9.58. The molecule has 0 unspecified atom stereocenters. The highest BCUT2D eigenvalue weighted by Crippen LogP contribution is 2.25. The minimum Gasteiger partial charge on any atom is -0.320 e. The number of halogens is 2. The number of hydrogen-bond acceptors (Lipinski definition) is 2. The van der Waals surface area contributed by atoms with Gasteiger partial charge in [-0.3, -0.25) is 4.79 Å². The fourth-order valence-electron chi connectivity index (χ4n) is 1.49. The van der Waals surface area contributed by atoms with Crippen molar-refractivity contribution in [3.63, 3.8) is 0 Å². The summed E-state index contributed by atoms with van der Waals surface area (Å²) in [6, 6.07) is 8.88. The van der Waals surface area contributed by atoms with Gasteiger partial charge >= 0.3 is 0 Å². The largest absolute Gasteiger partial charge is 0.320 e. The number of nitrogens with one attached hydrogen (secondary N) is 1. The van der Waals surface area contributed by atoms with Gasteiger partial charge in [-0.15, -0.1) is 0 Å². The number of amides is 1. The lowest BCUT2D eigenvalue weighted by molar-refractivity contribution is 0.102. The second kappa shape index (κ2) is 5.50. The Balaban J connectivity index is 2.24. The number of benzene rings is 1. The second-order valence-corrected chi connectivity index (χ2v) is 4.98. The summed E-state index contributed by atoms with van der Waals surface area (Å²) in [7, 11) is 0. The summed E-state index contributed by atoms with van der Waals surface area (Å²) in [4.78, 5) is 16.0. The van der Waals surface area contributed by atoms with Crippen LogP contribution in [0.3, 0.4) is 0 Å². The predicted octanol–water partition coefficient (Wildman–Crippen LogP) is 4.06. The van der Waals surface area contributed by atoms with Crippen LogP contribution in [0.15, 0.2) is 41.1 Å². The number of carbonyl (C=O) groups excluding carboxylic acids is 1. The summed E-state index contributed by atoms with van der Waals surface area (Å²) in [5.41, 5.74) is 2.03. The van der Waals surface area contributed by atoms with Crippen molar-refractivity contribution < 1.29 is 4.79 Å². The van der Waals surface area contributed by atoms with Crippen molar-refractivity contribution in [3.05, 3.63) is 57.3 Å². The Bertz CT molecular complexity index is 564. The lowest BCUT2D eigenvalue weighted by atomic mass is 10.2. The zero-order valence-corrected chi connectivity index (χ0v) is 11.9. The molecule has 0 saturated heterocycles. The third-order valence-corrected chi connectivity index (χ3v) is 3.23. The van der Waals surface area contributed by atoms with E-state index < -0.39 is 0 Å². The number of aryl methyl sites for hydroxylation is 1. The van der Waals surface area contributed by atoms with Gasteiger partial charge in [0.05, 0.1) is 16.3 Å². The van der Waals surface area contributed by atoms with Crippen LogP contribution in [0.5, 0.6) is 0 Å². The normalized spacial score (nSPS) is 10.2. The third-order valence-electron chi connectivity index (χ3n) is 2.45. The predicted molar refractivity (Wildman–Crippen MR) is 76.1 cm³/mol. The topological polar surface area (TPSA) is 42.0 Å². The van der Waals surface area contributed by atoms with Crippen molar-refractivity contribution in [1.29, 1.82) is 0 Å². The molecule has 0 spiro atoms. The van der Waals surface area contributed by atoms with Crippen molar-refractivity contribution in [1.82, 2.24) is 4.98 Å². The maximum atomic E-state index is 12.0. The van der Waals surface area contributed by atoms with Gasteiger partial charge in [0.2, 0.25) is 0 Å². The Hall–Kier alpha value is -1.39. The average molecular weight is 326 g/mol. The van der Waals surface area contributed by atoms with Crippen molar-refractivity contribution in [3.8, 4) is 0 Å². The fraction of sp³-hybridized carbons (Fsp3) is 0.0769. The van der Waals surface area contributed by atoms with E-state index >= 15 is 0 Å². The lowest BCUT2D eigenvalue weighted by Gasteiger charge is -2.10. The van der Waals surface area contributed by atoms with Crippen LogP contribution in [0.4, 0.5) is 5.69 Å². The second-order valence-electron chi connectivity index (χ2n) is 3.76. The third kappa shape index (κ3) is 2.89. The highest BCUT2D eigenvalue weighted by molar-refractivity contribution is 9.10. The van der Waals surface area contributed by atoms with Crippen LogP contribution in [0.25, 0.3) is 0 Å². The van der Waals surface area contributed by atoms with Crippen LogP contribution in [0.2, 0.25) is 5.02 Å². The van der Waals surface area contributed by atoms with Crippen LogP contribution in [0, 0.1) is 6.92 Å². The standard InChI is InChI=1S/C13H10BrClN2O/c1-8-3-2-4-10(15)12(8)17-13(18)9-5-6-11(14)16-7-9/h2-7H,1H3,(H,17,18). The summed E-state index contributed by atoms with van der Waals surface area (Å²) in [5.74, 6) is -0.230. The van der Waals surface area contributed by atoms with E-state index in [9.17, 15) is 4.79 Å². The summed E-state index contributed by atoms with van der Waals surface area (Å²) in [5, 5.41) is 3.31. The molecule has 0 radical (unpaired) electrons. The first-order chi connectivity index (χ1) is 8.58. The number of nitrogens with zero attached hydrogens (tertiary/aromatic N) is 1. The molecule has 18 heavy (non-hydrogen) atoms. The molecule has 0 bridgehead atoms. The van der Waals surface area contributed by atoms with Crippen LogP contribution >= 0.6 is 27.5 Å². The van der Waals surface area contributed by atoms with Crippen LogP contribution in [-0.2, 0) is 0 Å². The van der Waals surface area contributed by atoms with Crippen molar-refractivity contribution >= 4 is 39.1 Å². The van der Waals surface area contributed by atoms with E-state index in [1.165, 1.54) is 6.20 Å². The molecule has 0 aliphatic carbocycles. The molecule has 1 heterocycles. The van der Waals surface area contributed by atoms with Crippen molar-refractivity contribution in [2.75, 3.05) is 5.32 Å². The number of pyridine rings is 1. The number of hydrogen-bond donors (Lipinski definition) is 1. The molecule has 0 aliphatic heterocycles. The Morgan fingerprint density at radius 3 is 2.72 bits per heavy atom. The molecule has 5 heteroatoms. The fourth-order valence-corrected chi connectivity index (χ4v) is 1.99. The van der Waals surface area contributed by atoms with Crippen LogP contribution in [0.1, 0.15) is 15.9 Å². The van der Waals surface area contributed by atoms with Gasteiger partial charge in [0.1, 0.15) is 4.60 Å². The number of anilines is 1. The Labute approximate surface area is 118 Å². The molecule has 1 aromatic heterocycles. The van der Waals surface area contributed by atoms with Gasteiger partial charge in [-0.25, -0.2) is 4.98 Å². The SMILES string of the molecule is Cc1cccc(Cl)c1NC(=O)c1ccc(Br)nc1. The van der Waals surface area contributed by atoms with Gasteiger partial charge < -0.3 is 5.32 Å². The number of para-hydroxylation sites is 1. The van der Waals surface area contributed by atoms with E-state index in [0.29, 0.717) is 20.9 Å². The van der Waals surface area contributed by atoms with Gasteiger partial charge in [-0.2, -0.15) is 0 Å². The van der Waals surface area contributed by atoms with Gasteiger partial charge in [0, 0.05) is 6.20 Å². The van der Waals surface area contributed by atoms with Crippen molar-refractivity contribution in [2.24, 2.45) is 0 Å². The maximum absolute atomic E-state index is 12.0. The number of aromatic nitrogens is 1. The lowest BCUT2D eigenvalue weighted by Crippen LogP contribution is -2.13. The van der Waals surface area contributed by atoms with Crippen molar-refractivity contribution in [2.45, 2.75) is 6.92 Å². The van der Waals surface area contributed by atoms with Gasteiger partial charge in [0.25, 0.3) is 5.91 Å². The summed E-state index contributed by atoms with van der Waals surface area (Å²) >= 11 is 9.27. The van der Waals surface area contributed by atoms with Gasteiger partial charge in [-0.05, 0) is 46.6 Å². The molecular weight excluding hydrogens is 316 g/mol. The Kier molecular flexibility index (Phi) is 3.99. The minimum atomic E-state index is -0.230. The first-order valence-corrected chi connectivity index (χ1v) is 6.43. The monoisotopic (exact) mass is 324 g/mol. The summed E-state index contributed by atoms with van der Waals surface area (Å²) in [6.07, 6.45) is 1.51. The van der Waals surface area contributed by atoms with Crippen LogP contribution in [-0.4, -0.2) is 10.9 Å². The molecule has 3 nitrogen and oxygen atoms in total. The van der Waals surface area contributed by atoms with Gasteiger partial charge in [-0.1, -0.05) is 23.7 Å². The minimum absolute atomic E-state index is 0.230. The van der Waals surface area contributed by atoms with E-state index in [1.807, 2.05) is 19.1 Å². The molecule has 1 amide bonds. The van der Waals surface area contributed by atoms with E-state index in [1.54, 1.807) is 18.2 Å². The molecule has 1 N–H and O–H groups in total. The van der Waals surface area contributed by atoms with Gasteiger partial charge in [0.15, 0.2) is 0 Å². The molecule has 0 aliphatic rings. The molecule has 0 saturated carbocycles. The first-order valence-electron chi connectivity index (χ1n) is 5.26. The number of carbonyl (C=O) groups is 1. The highest BCUT2D eigenvalue weighted by Gasteiger charge is 2.10. The summed E-state index contributed by atoms with van der Waals surface area (Å²) in [6.45, 7) is 1.89. The smallest absolute Gasteiger partial charge is 0.257 e. The first kappa shape index (κ1) is 13.1. The molecule has 1 aromatic carbocycles. The Morgan fingerprint density at radius 1 is 1.33 bits per heavy atom. The van der Waals surface area contributed by atoms with E-state index in [-0.39, 0.29) is 5.91 Å². The van der Waals surface area contributed by atoms with E-state index in [2.05, 4.69) is 26.2 Å². The number of rotatable bonds is 2. The molecule has 2 aromatic rings. The molecular formula is C13H10BrClN2O. The maximum Gasteiger partial charge on any atom is 0.257 e. The Morgan fingerprint density at radius 2 is 2.11 bits per heavy atom. The van der Waals surface area contributed by atoms with E-state index in [4.69, 9.17) is 11.6 Å². The van der Waals surface area contributed by atoms with E-state index in [0.717, 1.165) is 5.56 Å². The average Bonchev–Trinajstić information content (AvgIpc) is 2.34. The summed E-state index contributed by atoms with van der Waals surface area (Å²) < 4.78 is 0.688. The zero-order chi connectivity index (χ0) is 13.1. The molecule has 0 atom stereocenters. The highest BCUT2D eigenvalue weighted by atomic mass is 79.9. The quantitative estimate of drug-likeness (QED) is 0.846. The van der Waals surface area contributed by atoms with Crippen LogP contribution < -0.4 is 5.32 Å².